The maximum absolute atomic E-state index is 13.4. The van der Waals surface area contributed by atoms with Crippen molar-refractivity contribution in [1.82, 2.24) is 5.32 Å². The van der Waals surface area contributed by atoms with Crippen molar-refractivity contribution in [2.75, 3.05) is 7.11 Å². The quantitative estimate of drug-likeness (QED) is 0.499. The Labute approximate surface area is 201 Å². The fourth-order valence-corrected chi connectivity index (χ4v) is 10.1. The molecule has 3 saturated carbocycles. The van der Waals surface area contributed by atoms with Gasteiger partial charge in [-0.25, -0.2) is 0 Å². The fraction of sp³-hybridized carbons (Fsp3) is 0.750. The van der Waals surface area contributed by atoms with Crippen LogP contribution in [0.3, 0.4) is 0 Å². The van der Waals surface area contributed by atoms with Crippen LogP contribution in [0.5, 0.6) is 0 Å². The summed E-state index contributed by atoms with van der Waals surface area (Å²) >= 11 is 0. The molecule has 34 heavy (non-hydrogen) atoms. The highest BCUT2D eigenvalue weighted by Gasteiger charge is 2.83. The first-order chi connectivity index (χ1) is 16.0. The van der Waals surface area contributed by atoms with Crippen molar-refractivity contribution in [1.29, 1.82) is 0 Å². The number of methoxy groups -OCH3 is 1. The Morgan fingerprint density at radius 3 is 2.56 bits per heavy atom. The Balaban J connectivity index is 1.53. The van der Waals surface area contributed by atoms with E-state index in [2.05, 4.69) is 33.0 Å². The molecule has 1 heterocycles. The van der Waals surface area contributed by atoms with Crippen LogP contribution in [0.25, 0.3) is 0 Å². The molecule has 0 aromatic carbocycles. The predicted molar refractivity (Wildman–Crippen MR) is 125 cm³/mol. The number of nitrogens with one attached hydrogen (secondary N) is 1. The lowest BCUT2D eigenvalue weighted by atomic mass is 9.35. The SMILES string of the molecule is COC(=O)[C@]1(C)CCC[C@]2(C)[C@H]3C[C@@H]4C5=C(C(NC(C)=O)=CC5=O)[C@@]3(CC[C@H]21)[C@@H]1O[C@]41C(C)C. The van der Waals surface area contributed by atoms with Crippen LogP contribution in [0.2, 0.25) is 0 Å². The molecule has 1 aliphatic heterocycles. The highest BCUT2D eigenvalue weighted by atomic mass is 16.6. The molecule has 4 fully saturated rings. The molecule has 0 radical (unpaired) electrons. The van der Waals surface area contributed by atoms with Crippen molar-refractivity contribution in [2.45, 2.75) is 84.8 Å². The van der Waals surface area contributed by atoms with Crippen molar-refractivity contribution >= 4 is 17.7 Å². The van der Waals surface area contributed by atoms with E-state index in [9.17, 15) is 14.4 Å². The predicted octanol–water partition coefficient (Wildman–Crippen LogP) is 4.09. The molecule has 0 aromatic rings. The van der Waals surface area contributed by atoms with Crippen LogP contribution in [0.4, 0.5) is 0 Å². The van der Waals surface area contributed by atoms with Crippen LogP contribution >= 0.6 is 0 Å². The second kappa shape index (κ2) is 6.63. The summed E-state index contributed by atoms with van der Waals surface area (Å²) in [6.07, 6.45) is 7.35. The highest BCUT2D eigenvalue weighted by molar-refractivity contribution is 6.11. The lowest BCUT2D eigenvalue weighted by molar-refractivity contribution is -0.184. The molecule has 6 nitrogen and oxygen atoms in total. The second-order valence-corrected chi connectivity index (χ2v) is 12.6. The third-order valence-electron chi connectivity index (χ3n) is 11.2. The molecular weight excluding hydrogens is 430 g/mol. The second-order valence-electron chi connectivity index (χ2n) is 12.6. The first-order valence-corrected chi connectivity index (χ1v) is 13.0. The topological polar surface area (TPSA) is 85.0 Å². The first-order valence-electron chi connectivity index (χ1n) is 13.0. The summed E-state index contributed by atoms with van der Waals surface area (Å²) < 4.78 is 12.1. The number of amides is 1. The minimum absolute atomic E-state index is 0.0382. The Morgan fingerprint density at radius 2 is 1.91 bits per heavy atom. The van der Waals surface area contributed by atoms with Crippen LogP contribution in [-0.4, -0.2) is 36.5 Å². The van der Waals surface area contributed by atoms with Crippen molar-refractivity contribution in [3.63, 3.8) is 0 Å². The van der Waals surface area contributed by atoms with Crippen LogP contribution in [0.15, 0.2) is 22.9 Å². The summed E-state index contributed by atoms with van der Waals surface area (Å²) in [6, 6.07) is 0. The number of fused-ring (bicyclic) bond motifs is 1. The van der Waals surface area contributed by atoms with E-state index in [1.54, 1.807) is 6.08 Å². The lowest BCUT2D eigenvalue weighted by Gasteiger charge is -2.67. The van der Waals surface area contributed by atoms with Gasteiger partial charge in [-0.05, 0) is 67.8 Å². The van der Waals surface area contributed by atoms with Crippen molar-refractivity contribution in [2.24, 2.45) is 39.9 Å². The van der Waals surface area contributed by atoms with Gasteiger partial charge in [0, 0.05) is 35.6 Å². The molecule has 6 heteroatoms. The third kappa shape index (κ3) is 2.30. The third-order valence-corrected chi connectivity index (χ3v) is 11.2. The van der Waals surface area contributed by atoms with E-state index in [0.717, 1.165) is 49.7 Å². The minimum Gasteiger partial charge on any atom is -0.469 e. The van der Waals surface area contributed by atoms with E-state index in [-0.39, 0.29) is 52.0 Å². The first kappa shape index (κ1) is 22.5. The molecule has 1 spiro atoms. The number of esters is 1. The van der Waals surface area contributed by atoms with Crippen molar-refractivity contribution < 1.29 is 23.9 Å². The zero-order valence-electron chi connectivity index (χ0n) is 21.2. The molecule has 2 bridgehead atoms. The van der Waals surface area contributed by atoms with Crippen LogP contribution < -0.4 is 5.32 Å². The molecule has 0 aromatic heterocycles. The number of hydrogen-bond donors (Lipinski definition) is 1. The minimum atomic E-state index is -0.487. The van der Waals surface area contributed by atoms with E-state index in [4.69, 9.17) is 9.47 Å². The van der Waals surface area contributed by atoms with Gasteiger partial charge in [-0.3, -0.25) is 14.4 Å². The van der Waals surface area contributed by atoms with Gasteiger partial charge in [0.1, 0.15) is 5.60 Å². The average molecular weight is 468 g/mol. The number of carbonyl (C=O) groups is 3. The molecule has 1 saturated heterocycles. The molecule has 1 N–H and O–H groups in total. The average Bonchev–Trinajstić information content (AvgIpc) is 3.49. The number of ether oxygens (including phenoxy) is 2. The molecule has 6 aliphatic carbocycles. The van der Waals surface area contributed by atoms with Gasteiger partial charge in [-0.15, -0.1) is 0 Å². The number of ketones is 1. The summed E-state index contributed by atoms with van der Waals surface area (Å²) in [5.41, 5.74) is 1.54. The molecule has 184 valence electrons. The van der Waals surface area contributed by atoms with Gasteiger partial charge in [0.2, 0.25) is 5.91 Å². The van der Waals surface area contributed by atoms with E-state index in [1.807, 2.05) is 0 Å². The number of hydrogen-bond acceptors (Lipinski definition) is 5. The van der Waals surface area contributed by atoms with E-state index in [1.165, 1.54) is 14.0 Å². The monoisotopic (exact) mass is 467 g/mol. The Morgan fingerprint density at radius 1 is 1.18 bits per heavy atom. The van der Waals surface area contributed by atoms with Gasteiger partial charge >= 0.3 is 5.97 Å². The summed E-state index contributed by atoms with van der Waals surface area (Å²) in [5, 5.41) is 3.01. The highest BCUT2D eigenvalue weighted by Crippen LogP contribution is 2.81. The number of carbonyl (C=O) groups excluding carboxylic acids is 3. The Hall–Kier alpha value is -1.95. The maximum atomic E-state index is 13.4. The fourth-order valence-electron chi connectivity index (χ4n) is 10.1. The zero-order chi connectivity index (χ0) is 24.4. The van der Waals surface area contributed by atoms with Crippen LogP contribution in [-0.2, 0) is 23.9 Å². The summed E-state index contributed by atoms with van der Waals surface area (Å²) in [4.78, 5) is 38.6. The van der Waals surface area contributed by atoms with E-state index >= 15 is 0 Å². The molecule has 0 unspecified atom stereocenters. The Kier molecular flexibility index (Phi) is 4.39. The van der Waals surface area contributed by atoms with E-state index < -0.39 is 5.41 Å². The molecular formula is C28H37NO5. The van der Waals surface area contributed by atoms with Gasteiger partial charge < -0.3 is 14.8 Å². The largest absolute Gasteiger partial charge is 0.469 e. The molecule has 7 rings (SSSR count). The summed E-state index contributed by atoms with van der Waals surface area (Å²) in [5.74, 6) is 0.692. The van der Waals surface area contributed by atoms with Crippen LogP contribution in [0, 0.1) is 39.9 Å². The van der Waals surface area contributed by atoms with Crippen LogP contribution in [0.1, 0.15) is 73.1 Å². The standard InChI is InChI=1S/C28H37NO5/c1-14(2)28-16-12-20-25(4)9-7-10-26(5,24(32)33-6)19(25)8-11-27(20,23(28)34-28)22-17(29-15(3)30)13-18(31)21(16)22/h13-14,16,19-20,23H,7-12H2,1-6H3,(H,29,30)/t16-,19-,20-,23+,25+,26-,27+,28-/m1/s1. The molecule has 1 amide bonds. The number of allylic oxidation sites excluding steroid dienone is 2. The van der Waals surface area contributed by atoms with Gasteiger partial charge in [0.05, 0.1) is 18.6 Å². The lowest BCUT2D eigenvalue weighted by Crippen LogP contribution is -2.66. The van der Waals surface area contributed by atoms with Gasteiger partial charge in [-0.1, -0.05) is 27.2 Å². The normalized spacial score (nSPS) is 48.0. The number of rotatable bonds is 3. The Bertz CT molecular complexity index is 1090. The van der Waals surface area contributed by atoms with Gasteiger partial charge in [0.25, 0.3) is 0 Å². The number of epoxide rings is 1. The maximum Gasteiger partial charge on any atom is 0.311 e. The summed E-state index contributed by atoms with van der Waals surface area (Å²) in [7, 11) is 1.51. The van der Waals surface area contributed by atoms with Gasteiger partial charge in [-0.2, -0.15) is 0 Å². The summed E-state index contributed by atoms with van der Waals surface area (Å²) in [6.45, 7) is 10.4. The van der Waals surface area contributed by atoms with Crippen molar-refractivity contribution in [3.05, 3.63) is 22.9 Å². The zero-order valence-corrected chi connectivity index (χ0v) is 21.2. The van der Waals surface area contributed by atoms with Crippen molar-refractivity contribution in [3.8, 4) is 0 Å². The molecule has 8 atom stereocenters. The van der Waals surface area contributed by atoms with Gasteiger partial charge in [0.15, 0.2) is 5.78 Å². The van der Waals surface area contributed by atoms with E-state index in [0.29, 0.717) is 17.5 Å². The smallest absolute Gasteiger partial charge is 0.311 e. The molecule has 7 aliphatic rings.